The fourth-order valence-electron chi connectivity index (χ4n) is 2.86. The number of rotatable bonds is 8. The average Bonchev–Trinajstić information content (AvgIpc) is 2.80. The predicted octanol–water partition coefficient (Wildman–Crippen LogP) is 4.71. The molecule has 33 heavy (non-hydrogen) atoms. The molecule has 0 saturated carbocycles. The van der Waals surface area contributed by atoms with Gasteiger partial charge in [0.05, 0.1) is 6.61 Å². The maximum atomic E-state index is 12.7. The molecule has 0 fully saturated rings. The van der Waals surface area contributed by atoms with E-state index in [1.54, 1.807) is 43.3 Å². The summed E-state index contributed by atoms with van der Waals surface area (Å²) in [5.74, 6) is -0.395. The Morgan fingerprint density at radius 3 is 2.36 bits per heavy atom. The van der Waals surface area contributed by atoms with E-state index in [1.807, 2.05) is 19.1 Å². The quantitative estimate of drug-likeness (QED) is 0.295. The van der Waals surface area contributed by atoms with Crippen molar-refractivity contribution in [2.45, 2.75) is 18.7 Å². The Bertz CT molecular complexity index is 1310. The van der Waals surface area contributed by atoms with Gasteiger partial charge in [0.1, 0.15) is 16.5 Å². The number of para-hydroxylation sites is 1. The van der Waals surface area contributed by atoms with E-state index >= 15 is 0 Å². The van der Waals surface area contributed by atoms with Gasteiger partial charge in [0.2, 0.25) is 0 Å². The van der Waals surface area contributed by atoms with Gasteiger partial charge in [0.25, 0.3) is 5.91 Å². The molecule has 0 heterocycles. The zero-order chi connectivity index (χ0) is 23.8. The summed E-state index contributed by atoms with van der Waals surface area (Å²) in [6.07, 6.45) is 1.39. The van der Waals surface area contributed by atoms with Crippen LogP contribution in [0.2, 0.25) is 0 Å². The molecule has 0 bridgehead atoms. The van der Waals surface area contributed by atoms with Gasteiger partial charge in [0, 0.05) is 5.69 Å². The van der Waals surface area contributed by atoms with E-state index in [9.17, 15) is 18.5 Å². The number of nitrogens with one attached hydrogen (secondary N) is 1. The second kappa shape index (κ2) is 10.5. The van der Waals surface area contributed by atoms with Crippen LogP contribution in [-0.4, -0.2) is 20.9 Å². The monoisotopic (exact) mass is 462 g/mol. The standard InChI is InChI=1S/C25H22N2O5S/c1-3-31-24-16-19(15-20(17-26)25(28)27-21-7-5-4-6-8-21)11-14-23(24)32-33(29,30)22-12-9-18(2)10-13-22/h4-16H,3H2,1-2H3,(H,27,28)/b20-15+. The Morgan fingerprint density at radius 1 is 1.03 bits per heavy atom. The number of hydrogen-bond acceptors (Lipinski definition) is 6. The molecule has 0 unspecified atom stereocenters. The van der Waals surface area contributed by atoms with Crippen LogP contribution in [0, 0.1) is 18.3 Å². The molecule has 0 spiro atoms. The first-order valence-corrected chi connectivity index (χ1v) is 11.5. The molecule has 0 radical (unpaired) electrons. The summed E-state index contributed by atoms with van der Waals surface area (Å²) >= 11 is 0. The summed E-state index contributed by atoms with van der Waals surface area (Å²) in [5, 5.41) is 12.1. The minimum atomic E-state index is -4.07. The first-order chi connectivity index (χ1) is 15.8. The van der Waals surface area contributed by atoms with Crippen LogP contribution < -0.4 is 14.2 Å². The van der Waals surface area contributed by atoms with E-state index in [0.29, 0.717) is 11.3 Å². The van der Waals surface area contributed by atoms with Gasteiger partial charge in [-0.3, -0.25) is 4.79 Å². The minimum absolute atomic E-state index is 0.00168. The zero-order valence-electron chi connectivity index (χ0n) is 18.1. The van der Waals surface area contributed by atoms with Crippen molar-refractivity contribution in [3.05, 3.63) is 89.5 Å². The number of aryl methyl sites for hydroxylation is 1. The van der Waals surface area contributed by atoms with E-state index in [2.05, 4.69) is 5.32 Å². The average molecular weight is 463 g/mol. The van der Waals surface area contributed by atoms with Crippen LogP contribution in [0.4, 0.5) is 5.69 Å². The van der Waals surface area contributed by atoms with Gasteiger partial charge in [0.15, 0.2) is 11.5 Å². The van der Waals surface area contributed by atoms with Gasteiger partial charge in [-0.25, -0.2) is 0 Å². The third-order valence-electron chi connectivity index (χ3n) is 4.48. The molecular weight excluding hydrogens is 440 g/mol. The van der Waals surface area contributed by atoms with Gasteiger partial charge >= 0.3 is 10.1 Å². The molecule has 3 rings (SSSR count). The van der Waals surface area contributed by atoms with E-state index in [1.165, 1.54) is 36.4 Å². The lowest BCUT2D eigenvalue weighted by Gasteiger charge is -2.13. The highest BCUT2D eigenvalue weighted by molar-refractivity contribution is 7.87. The van der Waals surface area contributed by atoms with Crippen molar-refractivity contribution in [1.82, 2.24) is 0 Å². The Morgan fingerprint density at radius 2 is 1.73 bits per heavy atom. The van der Waals surface area contributed by atoms with Crippen molar-refractivity contribution in [2.24, 2.45) is 0 Å². The number of anilines is 1. The van der Waals surface area contributed by atoms with Crippen LogP contribution in [-0.2, 0) is 14.9 Å². The van der Waals surface area contributed by atoms with E-state index in [-0.39, 0.29) is 28.6 Å². The molecule has 0 atom stereocenters. The molecule has 0 aromatic heterocycles. The summed E-state index contributed by atoms with van der Waals surface area (Å²) in [7, 11) is -4.07. The molecule has 0 saturated heterocycles. The highest BCUT2D eigenvalue weighted by atomic mass is 32.2. The third-order valence-corrected chi connectivity index (χ3v) is 5.73. The van der Waals surface area contributed by atoms with Crippen LogP contribution in [0.3, 0.4) is 0 Å². The van der Waals surface area contributed by atoms with Crippen LogP contribution in [0.25, 0.3) is 6.08 Å². The minimum Gasteiger partial charge on any atom is -0.490 e. The third kappa shape index (κ3) is 6.21. The van der Waals surface area contributed by atoms with Gasteiger partial charge in [-0.15, -0.1) is 0 Å². The molecule has 7 nitrogen and oxygen atoms in total. The second-order valence-corrected chi connectivity index (χ2v) is 8.53. The smallest absolute Gasteiger partial charge is 0.339 e. The van der Waals surface area contributed by atoms with E-state index in [0.717, 1.165) is 5.56 Å². The van der Waals surface area contributed by atoms with Gasteiger partial charge in [-0.1, -0.05) is 42.0 Å². The number of nitriles is 1. The van der Waals surface area contributed by atoms with Crippen molar-refractivity contribution in [2.75, 3.05) is 11.9 Å². The van der Waals surface area contributed by atoms with Crippen molar-refractivity contribution in [3.8, 4) is 17.6 Å². The van der Waals surface area contributed by atoms with Crippen LogP contribution in [0.1, 0.15) is 18.1 Å². The second-order valence-electron chi connectivity index (χ2n) is 6.98. The van der Waals surface area contributed by atoms with Gasteiger partial charge in [-0.2, -0.15) is 13.7 Å². The number of ether oxygens (including phenoxy) is 1. The maximum absolute atomic E-state index is 12.7. The predicted molar refractivity (Wildman–Crippen MR) is 125 cm³/mol. The lowest BCUT2D eigenvalue weighted by molar-refractivity contribution is -0.112. The number of hydrogen-bond donors (Lipinski definition) is 1. The number of carbonyl (C=O) groups excluding carboxylic acids is 1. The first-order valence-electron chi connectivity index (χ1n) is 10.1. The molecular formula is C25H22N2O5S. The Labute approximate surface area is 193 Å². The number of amides is 1. The van der Waals surface area contributed by atoms with Crippen LogP contribution >= 0.6 is 0 Å². The lowest BCUT2D eigenvalue weighted by atomic mass is 10.1. The largest absolute Gasteiger partial charge is 0.490 e. The molecule has 3 aromatic carbocycles. The van der Waals surface area contributed by atoms with Crippen molar-refractivity contribution in [1.29, 1.82) is 5.26 Å². The highest BCUT2D eigenvalue weighted by Crippen LogP contribution is 2.32. The molecule has 0 aliphatic rings. The fourth-order valence-corrected chi connectivity index (χ4v) is 3.80. The van der Waals surface area contributed by atoms with E-state index in [4.69, 9.17) is 8.92 Å². The lowest BCUT2D eigenvalue weighted by Crippen LogP contribution is -2.13. The summed E-state index contributed by atoms with van der Waals surface area (Å²) < 4.78 is 36.2. The molecule has 1 amide bonds. The number of carbonyl (C=O) groups is 1. The normalized spacial score (nSPS) is 11.4. The number of nitrogens with zero attached hydrogens (tertiary/aromatic N) is 1. The van der Waals surface area contributed by atoms with Gasteiger partial charge in [-0.05, 0) is 61.9 Å². The van der Waals surface area contributed by atoms with E-state index < -0.39 is 16.0 Å². The molecule has 0 aliphatic heterocycles. The summed E-state index contributed by atoms with van der Waals surface area (Å²) in [6.45, 7) is 3.86. The molecule has 3 aromatic rings. The van der Waals surface area contributed by atoms with Gasteiger partial charge < -0.3 is 14.2 Å². The molecule has 1 N–H and O–H groups in total. The van der Waals surface area contributed by atoms with Crippen molar-refractivity contribution in [3.63, 3.8) is 0 Å². The van der Waals surface area contributed by atoms with Crippen LogP contribution in [0.15, 0.2) is 83.3 Å². The summed E-state index contributed by atoms with van der Waals surface area (Å²) in [5.41, 5.74) is 1.83. The summed E-state index contributed by atoms with van der Waals surface area (Å²) in [4.78, 5) is 12.5. The van der Waals surface area contributed by atoms with Crippen LogP contribution in [0.5, 0.6) is 11.5 Å². The highest BCUT2D eigenvalue weighted by Gasteiger charge is 2.19. The molecule has 168 valence electrons. The Balaban J connectivity index is 1.87. The molecule has 8 heteroatoms. The topological polar surface area (TPSA) is 105 Å². The fraction of sp³-hybridized carbons (Fsp3) is 0.120. The zero-order valence-corrected chi connectivity index (χ0v) is 18.9. The van der Waals surface area contributed by atoms with Crippen molar-refractivity contribution >= 4 is 27.8 Å². The first kappa shape index (κ1) is 23.6. The molecule has 0 aliphatic carbocycles. The van der Waals surface area contributed by atoms with Crippen molar-refractivity contribution < 1.29 is 22.1 Å². The Hall–Kier alpha value is -4.09. The number of benzene rings is 3. The summed E-state index contributed by atoms with van der Waals surface area (Å²) in [6, 6.07) is 21.4. The SMILES string of the molecule is CCOc1cc(/C=C(\C#N)C(=O)Nc2ccccc2)ccc1OS(=O)(=O)c1ccc(C)cc1. The Kier molecular flexibility index (Phi) is 7.49. The maximum Gasteiger partial charge on any atom is 0.339 e.